The molecule has 1 aliphatic rings. The minimum atomic E-state index is -0.228. The lowest BCUT2D eigenvalue weighted by molar-refractivity contribution is -0.119. The second-order valence-corrected chi connectivity index (χ2v) is 12.9. The number of aromatic nitrogens is 2. The zero-order chi connectivity index (χ0) is 25.8. The van der Waals surface area contributed by atoms with Crippen LogP contribution in [0.25, 0.3) is 10.2 Å². The second-order valence-electron chi connectivity index (χ2n) is 9.94. The van der Waals surface area contributed by atoms with Crippen LogP contribution >= 0.6 is 34.9 Å². The molecule has 8 heteroatoms. The molecule has 1 amide bonds. The largest absolute Gasteiger partial charge is 0.370 e. The SMILES string of the molecule is C[C@H](Cc1ccccc1)NC(=O)CSc1nc(SCc2ccccc2)nc2sc3c(c12)CC(C)(C)OC3. The first-order valence-corrected chi connectivity index (χ1v) is 15.2. The van der Waals surface area contributed by atoms with Gasteiger partial charge in [-0.15, -0.1) is 11.3 Å². The standard InChI is InChI=1S/C29H31N3O2S3/c1-19(14-20-10-6-4-7-11-20)30-24(33)18-35-26-25-22-15-29(2,3)34-16-23(22)37-27(25)32-28(31-26)36-17-21-12-8-5-9-13-21/h4-13,19H,14-18H2,1-3H3,(H,30,33)/t19-/m1/s1. The molecule has 0 saturated carbocycles. The fourth-order valence-electron chi connectivity index (χ4n) is 4.45. The van der Waals surface area contributed by atoms with E-state index in [9.17, 15) is 4.79 Å². The Balaban J connectivity index is 1.35. The van der Waals surface area contributed by atoms with E-state index in [4.69, 9.17) is 14.7 Å². The van der Waals surface area contributed by atoms with Crippen LogP contribution in [-0.4, -0.2) is 33.3 Å². The van der Waals surface area contributed by atoms with Crippen molar-refractivity contribution in [2.75, 3.05) is 5.75 Å². The minimum absolute atomic E-state index is 0.0199. The maximum absolute atomic E-state index is 12.9. The quantitative estimate of drug-likeness (QED) is 0.143. The molecule has 4 aromatic rings. The molecule has 5 rings (SSSR count). The summed E-state index contributed by atoms with van der Waals surface area (Å²) in [6.07, 6.45) is 1.62. The lowest BCUT2D eigenvalue weighted by Gasteiger charge is -2.30. The Bertz CT molecular complexity index is 1370. The molecule has 0 radical (unpaired) electrons. The van der Waals surface area contributed by atoms with Crippen molar-refractivity contribution in [1.29, 1.82) is 0 Å². The van der Waals surface area contributed by atoms with Gasteiger partial charge in [-0.2, -0.15) is 0 Å². The second kappa shape index (κ2) is 11.6. The Kier molecular flexibility index (Phi) is 8.19. The van der Waals surface area contributed by atoms with Crippen LogP contribution in [0.4, 0.5) is 0 Å². The number of nitrogens with zero attached hydrogens (tertiary/aromatic N) is 2. The summed E-state index contributed by atoms with van der Waals surface area (Å²) in [6.45, 7) is 6.89. The summed E-state index contributed by atoms with van der Waals surface area (Å²) in [7, 11) is 0. The fraction of sp³-hybridized carbons (Fsp3) is 0.345. The van der Waals surface area contributed by atoms with Crippen molar-refractivity contribution in [3.05, 3.63) is 82.2 Å². The average Bonchev–Trinajstić information content (AvgIpc) is 3.24. The number of thiophene rings is 1. The van der Waals surface area contributed by atoms with Crippen molar-refractivity contribution >= 4 is 51.0 Å². The van der Waals surface area contributed by atoms with Gasteiger partial charge in [0.25, 0.3) is 0 Å². The molecular weight excluding hydrogens is 519 g/mol. The number of nitrogens with one attached hydrogen (secondary N) is 1. The third-order valence-electron chi connectivity index (χ3n) is 6.22. The minimum Gasteiger partial charge on any atom is -0.370 e. The number of ether oxygens (including phenoxy) is 1. The monoisotopic (exact) mass is 549 g/mol. The topological polar surface area (TPSA) is 64.1 Å². The highest BCUT2D eigenvalue weighted by molar-refractivity contribution is 8.00. The van der Waals surface area contributed by atoms with Gasteiger partial charge in [-0.3, -0.25) is 4.79 Å². The van der Waals surface area contributed by atoms with Crippen LogP contribution in [0.15, 0.2) is 70.8 Å². The van der Waals surface area contributed by atoms with E-state index >= 15 is 0 Å². The fourth-order valence-corrected chi connectivity index (χ4v) is 7.40. The van der Waals surface area contributed by atoms with Crippen molar-refractivity contribution in [1.82, 2.24) is 15.3 Å². The summed E-state index contributed by atoms with van der Waals surface area (Å²) < 4.78 is 6.07. The molecule has 37 heavy (non-hydrogen) atoms. The van der Waals surface area contributed by atoms with E-state index in [-0.39, 0.29) is 17.6 Å². The van der Waals surface area contributed by atoms with E-state index in [1.165, 1.54) is 33.3 Å². The van der Waals surface area contributed by atoms with Gasteiger partial charge in [-0.25, -0.2) is 9.97 Å². The van der Waals surface area contributed by atoms with Gasteiger partial charge in [0.2, 0.25) is 5.91 Å². The Morgan fingerprint density at radius 1 is 1.05 bits per heavy atom. The maximum Gasteiger partial charge on any atom is 0.230 e. The summed E-state index contributed by atoms with van der Waals surface area (Å²) in [5.41, 5.74) is 3.50. The zero-order valence-electron chi connectivity index (χ0n) is 21.3. The third kappa shape index (κ3) is 6.74. The molecule has 1 atom stereocenters. The molecular formula is C29H31N3O2S3. The van der Waals surface area contributed by atoms with Crippen molar-refractivity contribution < 1.29 is 9.53 Å². The Hall–Kier alpha value is -2.39. The Morgan fingerprint density at radius 3 is 2.49 bits per heavy atom. The van der Waals surface area contributed by atoms with Gasteiger partial charge in [0, 0.05) is 28.5 Å². The van der Waals surface area contributed by atoms with Gasteiger partial charge in [0.1, 0.15) is 9.86 Å². The highest BCUT2D eigenvalue weighted by Crippen LogP contribution is 2.42. The van der Waals surface area contributed by atoms with E-state index in [1.54, 1.807) is 23.1 Å². The van der Waals surface area contributed by atoms with Gasteiger partial charge in [-0.1, -0.05) is 84.2 Å². The number of thioether (sulfide) groups is 2. The van der Waals surface area contributed by atoms with Crippen LogP contribution < -0.4 is 5.32 Å². The number of fused-ring (bicyclic) bond motifs is 3. The molecule has 0 saturated heterocycles. The molecule has 3 heterocycles. The molecule has 0 spiro atoms. The van der Waals surface area contributed by atoms with E-state index in [0.29, 0.717) is 12.4 Å². The average molecular weight is 550 g/mol. The van der Waals surface area contributed by atoms with E-state index in [2.05, 4.69) is 43.4 Å². The van der Waals surface area contributed by atoms with Crippen molar-refractivity contribution in [2.24, 2.45) is 0 Å². The van der Waals surface area contributed by atoms with Crippen molar-refractivity contribution in [3.63, 3.8) is 0 Å². The number of rotatable bonds is 9. The predicted octanol–water partition coefficient (Wildman–Crippen LogP) is 6.67. The predicted molar refractivity (Wildman–Crippen MR) is 154 cm³/mol. The number of benzene rings is 2. The first kappa shape index (κ1) is 26.2. The number of amides is 1. The molecule has 0 fully saturated rings. The van der Waals surface area contributed by atoms with E-state index in [1.807, 2.05) is 43.3 Å². The lowest BCUT2D eigenvalue weighted by Crippen LogP contribution is -2.35. The number of hydrogen-bond acceptors (Lipinski definition) is 7. The maximum atomic E-state index is 12.9. The summed E-state index contributed by atoms with van der Waals surface area (Å²) in [4.78, 5) is 25.0. The smallest absolute Gasteiger partial charge is 0.230 e. The Morgan fingerprint density at radius 2 is 1.76 bits per heavy atom. The normalized spacial score (nSPS) is 15.3. The molecule has 1 aliphatic heterocycles. The number of carbonyl (C=O) groups excluding carboxylic acids is 1. The van der Waals surface area contributed by atoms with Crippen LogP contribution in [0, 0.1) is 0 Å². The highest BCUT2D eigenvalue weighted by Gasteiger charge is 2.31. The molecule has 0 bridgehead atoms. The number of hydrogen-bond donors (Lipinski definition) is 1. The molecule has 0 aliphatic carbocycles. The molecule has 5 nitrogen and oxygen atoms in total. The summed E-state index contributed by atoms with van der Waals surface area (Å²) in [5, 5.41) is 5.88. The van der Waals surface area contributed by atoms with Crippen LogP contribution in [0.5, 0.6) is 0 Å². The van der Waals surface area contributed by atoms with Crippen molar-refractivity contribution in [2.45, 2.75) is 67.8 Å². The highest BCUT2D eigenvalue weighted by atomic mass is 32.2. The molecule has 2 aromatic carbocycles. The molecule has 1 N–H and O–H groups in total. The molecule has 2 aromatic heterocycles. The summed E-state index contributed by atoms with van der Waals surface area (Å²) in [5.74, 6) is 1.14. The molecule has 0 unspecified atom stereocenters. The van der Waals surface area contributed by atoms with Crippen LogP contribution in [-0.2, 0) is 34.7 Å². The first-order valence-electron chi connectivity index (χ1n) is 12.5. The van der Waals surface area contributed by atoms with Gasteiger partial charge < -0.3 is 10.1 Å². The lowest BCUT2D eigenvalue weighted by atomic mass is 9.95. The summed E-state index contributed by atoms with van der Waals surface area (Å²) >= 11 is 4.84. The van der Waals surface area contributed by atoms with E-state index < -0.39 is 0 Å². The van der Waals surface area contributed by atoms with Gasteiger partial charge >= 0.3 is 0 Å². The van der Waals surface area contributed by atoms with E-state index in [0.717, 1.165) is 39.0 Å². The first-order chi connectivity index (χ1) is 17.9. The van der Waals surface area contributed by atoms with Crippen LogP contribution in [0.2, 0.25) is 0 Å². The van der Waals surface area contributed by atoms with Crippen LogP contribution in [0.3, 0.4) is 0 Å². The summed E-state index contributed by atoms with van der Waals surface area (Å²) in [6, 6.07) is 20.7. The Labute approximate surface area is 230 Å². The van der Waals surface area contributed by atoms with Crippen LogP contribution in [0.1, 0.15) is 42.3 Å². The third-order valence-corrected chi connectivity index (χ3v) is 9.21. The zero-order valence-corrected chi connectivity index (χ0v) is 23.8. The van der Waals surface area contributed by atoms with Gasteiger partial charge in [-0.05, 0) is 43.9 Å². The molecule has 192 valence electrons. The number of carbonyl (C=O) groups is 1. The van der Waals surface area contributed by atoms with Gasteiger partial charge in [0.05, 0.1) is 18.0 Å². The van der Waals surface area contributed by atoms with Gasteiger partial charge in [0.15, 0.2) is 5.16 Å². The van der Waals surface area contributed by atoms with Crippen molar-refractivity contribution in [3.8, 4) is 0 Å².